The van der Waals surface area contributed by atoms with Crippen LogP contribution in [0.4, 0.5) is 10.1 Å². The van der Waals surface area contributed by atoms with Crippen molar-refractivity contribution in [2.75, 3.05) is 6.54 Å². The predicted molar refractivity (Wildman–Crippen MR) is 79.9 cm³/mol. The second-order valence-electron chi connectivity index (χ2n) is 5.08. The van der Waals surface area contributed by atoms with Crippen LogP contribution < -0.4 is 10.5 Å². The van der Waals surface area contributed by atoms with E-state index in [4.69, 9.17) is 17.0 Å². The van der Waals surface area contributed by atoms with Gasteiger partial charge in [0.15, 0.2) is 5.69 Å². The van der Waals surface area contributed by atoms with Crippen molar-refractivity contribution >= 4 is 5.69 Å². The molecule has 0 radical (unpaired) electrons. The van der Waals surface area contributed by atoms with E-state index in [0.717, 1.165) is 29.7 Å². The van der Waals surface area contributed by atoms with Crippen LogP contribution in [0.15, 0.2) is 36.4 Å². The molecule has 3 rings (SSSR count). The molecule has 4 heteroatoms. The number of nitrogens with two attached hydrogens (primary N) is 1. The Balaban J connectivity index is 2.14. The van der Waals surface area contributed by atoms with Crippen molar-refractivity contribution in [3.8, 4) is 16.9 Å². The third kappa shape index (κ3) is 2.48. The zero-order valence-corrected chi connectivity index (χ0v) is 11.5. The molecule has 0 fully saturated rings. The summed E-state index contributed by atoms with van der Waals surface area (Å²) >= 11 is 0. The summed E-state index contributed by atoms with van der Waals surface area (Å²) in [5.74, 6) is 0.367. The second kappa shape index (κ2) is 5.55. The number of rotatable bonds is 2. The lowest BCUT2D eigenvalue weighted by Gasteiger charge is -2.27. The standard InChI is InChI=1S/C17H15FN2O/c1-20-16-9-12(18)6-8-14(16)15-4-2-3-11-5-7-13(10-19)21-17(11)15/h2-4,6,8-9,13H,5,7,10,19H2/t13-/m1/s1. The molecule has 0 unspecified atom stereocenters. The Labute approximate surface area is 123 Å². The van der Waals surface area contributed by atoms with Crippen LogP contribution in [0, 0.1) is 12.4 Å². The van der Waals surface area contributed by atoms with Crippen molar-refractivity contribution in [3.05, 3.63) is 59.2 Å². The minimum Gasteiger partial charge on any atom is -0.488 e. The molecule has 0 aliphatic carbocycles. The molecule has 1 atom stereocenters. The van der Waals surface area contributed by atoms with Crippen LogP contribution >= 0.6 is 0 Å². The van der Waals surface area contributed by atoms with Crippen molar-refractivity contribution in [2.24, 2.45) is 5.73 Å². The normalized spacial score (nSPS) is 16.7. The number of aryl methyl sites for hydroxylation is 1. The number of para-hydroxylation sites is 1. The molecule has 0 spiro atoms. The largest absolute Gasteiger partial charge is 0.488 e. The van der Waals surface area contributed by atoms with Gasteiger partial charge in [0.25, 0.3) is 0 Å². The topological polar surface area (TPSA) is 39.6 Å². The molecule has 3 nitrogen and oxygen atoms in total. The third-order valence-corrected chi connectivity index (χ3v) is 3.75. The monoisotopic (exact) mass is 282 g/mol. The van der Waals surface area contributed by atoms with E-state index >= 15 is 0 Å². The Kier molecular flexibility index (Phi) is 3.59. The number of hydrogen-bond donors (Lipinski definition) is 1. The molecular formula is C17H15FN2O. The predicted octanol–water partition coefficient (Wildman–Crippen LogP) is 3.70. The lowest BCUT2D eigenvalue weighted by Crippen LogP contribution is -2.30. The van der Waals surface area contributed by atoms with Crippen molar-refractivity contribution in [3.63, 3.8) is 0 Å². The van der Waals surface area contributed by atoms with Crippen LogP contribution in [0.25, 0.3) is 16.0 Å². The number of halogens is 1. The Morgan fingerprint density at radius 3 is 2.90 bits per heavy atom. The first-order valence-electron chi connectivity index (χ1n) is 6.89. The molecule has 2 aromatic carbocycles. The number of fused-ring (bicyclic) bond motifs is 1. The highest BCUT2D eigenvalue weighted by atomic mass is 19.1. The lowest BCUT2D eigenvalue weighted by molar-refractivity contribution is 0.182. The molecule has 1 aliphatic rings. The molecule has 106 valence electrons. The molecule has 0 bridgehead atoms. The first-order valence-corrected chi connectivity index (χ1v) is 6.89. The van der Waals surface area contributed by atoms with Crippen LogP contribution in [-0.4, -0.2) is 12.6 Å². The van der Waals surface area contributed by atoms with E-state index in [-0.39, 0.29) is 6.10 Å². The Morgan fingerprint density at radius 1 is 1.29 bits per heavy atom. The molecule has 1 aliphatic heterocycles. The molecule has 2 N–H and O–H groups in total. The van der Waals surface area contributed by atoms with Crippen LogP contribution in [0.2, 0.25) is 0 Å². The molecular weight excluding hydrogens is 267 g/mol. The fraction of sp³-hybridized carbons (Fsp3) is 0.235. The zero-order valence-electron chi connectivity index (χ0n) is 11.5. The van der Waals surface area contributed by atoms with Gasteiger partial charge in [0.1, 0.15) is 17.7 Å². The number of benzene rings is 2. The summed E-state index contributed by atoms with van der Waals surface area (Å²) in [6.45, 7) is 7.71. The summed E-state index contributed by atoms with van der Waals surface area (Å²) in [5, 5.41) is 0. The van der Waals surface area contributed by atoms with Crippen molar-refractivity contribution < 1.29 is 9.13 Å². The van der Waals surface area contributed by atoms with Crippen LogP contribution in [0.5, 0.6) is 5.75 Å². The number of hydrogen-bond acceptors (Lipinski definition) is 2. The smallest absolute Gasteiger partial charge is 0.197 e. The number of ether oxygens (including phenoxy) is 1. The fourth-order valence-corrected chi connectivity index (χ4v) is 2.67. The van der Waals surface area contributed by atoms with E-state index in [1.165, 1.54) is 12.1 Å². The van der Waals surface area contributed by atoms with Gasteiger partial charge in [0, 0.05) is 12.1 Å². The molecule has 0 aromatic heterocycles. The maximum absolute atomic E-state index is 13.3. The van der Waals surface area contributed by atoms with Crippen molar-refractivity contribution in [2.45, 2.75) is 18.9 Å². The van der Waals surface area contributed by atoms with Gasteiger partial charge < -0.3 is 10.5 Å². The minimum atomic E-state index is -0.407. The van der Waals surface area contributed by atoms with Gasteiger partial charge in [-0.1, -0.05) is 24.3 Å². The minimum absolute atomic E-state index is 0.00418. The summed E-state index contributed by atoms with van der Waals surface area (Å²) in [4.78, 5) is 3.43. The molecule has 21 heavy (non-hydrogen) atoms. The highest BCUT2D eigenvalue weighted by molar-refractivity contribution is 5.83. The van der Waals surface area contributed by atoms with Gasteiger partial charge in [-0.25, -0.2) is 9.24 Å². The van der Waals surface area contributed by atoms with E-state index in [1.54, 1.807) is 6.07 Å². The average molecular weight is 282 g/mol. The maximum Gasteiger partial charge on any atom is 0.197 e. The number of nitrogens with zero attached hydrogens (tertiary/aromatic N) is 1. The SMILES string of the molecule is [C-]#[N+]c1cc(F)ccc1-c1cccc2c1O[C@@H](CN)CC2. The Hall–Kier alpha value is -2.38. The van der Waals surface area contributed by atoms with Gasteiger partial charge in [0.05, 0.1) is 6.57 Å². The first kappa shape index (κ1) is 13.6. The highest BCUT2D eigenvalue weighted by Crippen LogP contribution is 2.41. The van der Waals surface area contributed by atoms with Crippen LogP contribution in [0.3, 0.4) is 0 Å². The molecule has 1 heterocycles. The quantitative estimate of drug-likeness (QED) is 0.853. The summed E-state index contributed by atoms with van der Waals surface area (Å²) in [6, 6.07) is 10.1. The Morgan fingerprint density at radius 2 is 2.14 bits per heavy atom. The fourth-order valence-electron chi connectivity index (χ4n) is 2.67. The van der Waals surface area contributed by atoms with E-state index in [2.05, 4.69) is 4.85 Å². The summed E-state index contributed by atoms with van der Waals surface area (Å²) in [7, 11) is 0. The lowest BCUT2D eigenvalue weighted by atomic mass is 9.95. The highest BCUT2D eigenvalue weighted by Gasteiger charge is 2.22. The van der Waals surface area contributed by atoms with E-state index in [0.29, 0.717) is 17.8 Å². The van der Waals surface area contributed by atoms with Gasteiger partial charge >= 0.3 is 0 Å². The zero-order chi connectivity index (χ0) is 14.8. The Bertz CT molecular complexity index is 721. The second-order valence-corrected chi connectivity index (χ2v) is 5.08. The van der Waals surface area contributed by atoms with Crippen molar-refractivity contribution in [1.29, 1.82) is 0 Å². The molecule has 0 amide bonds. The summed E-state index contributed by atoms with van der Waals surface area (Å²) in [6.07, 6.45) is 1.79. The van der Waals surface area contributed by atoms with E-state index in [1.807, 2.05) is 18.2 Å². The van der Waals surface area contributed by atoms with Gasteiger partial charge in [-0.15, -0.1) is 0 Å². The van der Waals surface area contributed by atoms with E-state index in [9.17, 15) is 4.39 Å². The van der Waals surface area contributed by atoms with Gasteiger partial charge in [-0.05, 0) is 36.1 Å². The van der Waals surface area contributed by atoms with Crippen molar-refractivity contribution in [1.82, 2.24) is 0 Å². The van der Waals surface area contributed by atoms with Gasteiger partial charge in [-0.2, -0.15) is 0 Å². The first-order chi connectivity index (χ1) is 10.2. The molecule has 0 saturated heterocycles. The molecule has 2 aromatic rings. The maximum atomic E-state index is 13.3. The molecule has 0 saturated carbocycles. The van der Waals surface area contributed by atoms with E-state index < -0.39 is 5.82 Å². The van der Waals surface area contributed by atoms with Crippen LogP contribution in [-0.2, 0) is 6.42 Å². The van der Waals surface area contributed by atoms with Crippen LogP contribution in [0.1, 0.15) is 12.0 Å². The summed E-state index contributed by atoms with van der Waals surface area (Å²) in [5.41, 5.74) is 8.63. The van der Waals surface area contributed by atoms with Gasteiger partial charge in [0.2, 0.25) is 0 Å². The summed E-state index contributed by atoms with van der Waals surface area (Å²) < 4.78 is 19.3. The van der Waals surface area contributed by atoms with Gasteiger partial charge in [-0.3, -0.25) is 0 Å². The average Bonchev–Trinajstić information content (AvgIpc) is 2.53. The third-order valence-electron chi connectivity index (χ3n) is 3.75.